The summed E-state index contributed by atoms with van der Waals surface area (Å²) in [6, 6.07) is 19.2. The summed E-state index contributed by atoms with van der Waals surface area (Å²) in [6.07, 6.45) is 1.57. The van der Waals surface area contributed by atoms with Gasteiger partial charge >= 0.3 is 0 Å². The van der Waals surface area contributed by atoms with Gasteiger partial charge < -0.3 is 0 Å². The van der Waals surface area contributed by atoms with E-state index in [4.69, 9.17) is 0 Å². The van der Waals surface area contributed by atoms with Crippen molar-refractivity contribution in [2.75, 3.05) is 0 Å². The summed E-state index contributed by atoms with van der Waals surface area (Å²) >= 11 is 0. The molecule has 0 aliphatic carbocycles. The lowest BCUT2D eigenvalue weighted by Gasteiger charge is -2.05. The van der Waals surface area contributed by atoms with Gasteiger partial charge in [0.15, 0.2) is 0 Å². The molecule has 1 amide bonds. The summed E-state index contributed by atoms with van der Waals surface area (Å²) in [5.74, 6) is -0.176. The highest BCUT2D eigenvalue weighted by molar-refractivity contribution is 5.95. The zero-order valence-corrected chi connectivity index (χ0v) is 11.5. The van der Waals surface area contributed by atoms with Gasteiger partial charge in [-0.2, -0.15) is 5.10 Å². The molecule has 0 unspecified atom stereocenters. The van der Waals surface area contributed by atoms with Gasteiger partial charge in [-0.25, -0.2) is 5.43 Å². The largest absolute Gasteiger partial charge is 0.271 e. The first-order valence-corrected chi connectivity index (χ1v) is 6.74. The molecule has 2 rings (SSSR count). The van der Waals surface area contributed by atoms with Crippen LogP contribution < -0.4 is 5.43 Å². The highest BCUT2D eigenvalue weighted by Crippen LogP contribution is 2.03. The van der Waals surface area contributed by atoms with Gasteiger partial charge in [0, 0.05) is 17.7 Å². The Labute approximate surface area is 119 Å². The maximum absolute atomic E-state index is 11.9. The number of benzene rings is 2. The first-order chi connectivity index (χ1) is 9.79. The van der Waals surface area contributed by atoms with Crippen molar-refractivity contribution in [1.29, 1.82) is 0 Å². The Balaban J connectivity index is 1.99. The second-order valence-electron chi connectivity index (χ2n) is 4.50. The molecule has 2 aromatic rings. The average molecular weight is 266 g/mol. The van der Waals surface area contributed by atoms with E-state index in [-0.39, 0.29) is 5.91 Å². The van der Waals surface area contributed by atoms with E-state index < -0.39 is 0 Å². The summed E-state index contributed by atoms with van der Waals surface area (Å²) in [5, 5.41) is 4.23. The summed E-state index contributed by atoms with van der Waals surface area (Å²) in [4.78, 5) is 11.9. The van der Waals surface area contributed by atoms with E-state index in [9.17, 15) is 4.79 Å². The van der Waals surface area contributed by atoms with E-state index in [1.165, 1.54) is 5.56 Å². The summed E-state index contributed by atoms with van der Waals surface area (Å²) in [5.41, 5.74) is 5.39. The second kappa shape index (κ2) is 7.24. The lowest BCUT2D eigenvalue weighted by Crippen LogP contribution is -2.20. The maximum atomic E-state index is 11.9. The van der Waals surface area contributed by atoms with Gasteiger partial charge in [-0.1, -0.05) is 55.5 Å². The van der Waals surface area contributed by atoms with Gasteiger partial charge in [0.1, 0.15) is 0 Å². The Morgan fingerprint density at radius 2 is 1.60 bits per heavy atom. The molecule has 0 radical (unpaired) electrons. The summed E-state index contributed by atoms with van der Waals surface area (Å²) in [6.45, 7) is 2.04. The van der Waals surface area contributed by atoms with Crippen LogP contribution in [0, 0.1) is 0 Å². The monoisotopic (exact) mass is 266 g/mol. The molecule has 20 heavy (non-hydrogen) atoms. The molecule has 3 heteroatoms. The zero-order valence-electron chi connectivity index (χ0n) is 11.5. The number of carbonyl (C=O) groups excluding carboxylic acids is 1. The third-order valence-corrected chi connectivity index (χ3v) is 3.01. The van der Waals surface area contributed by atoms with Crippen LogP contribution in [0.25, 0.3) is 0 Å². The third kappa shape index (κ3) is 4.05. The Morgan fingerprint density at radius 1 is 1.00 bits per heavy atom. The van der Waals surface area contributed by atoms with Gasteiger partial charge in [-0.05, 0) is 24.1 Å². The van der Waals surface area contributed by atoms with Crippen LogP contribution in [0.3, 0.4) is 0 Å². The van der Waals surface area contributed by atoms with Crippen molar-refractivity contribution in [2.45, 2.75) is 19.8 Å². The fraction of sp³-hybridized carbons (Fsp3) is 0.176. The Hall–Kier alpha value is -2.42. The standard InChI is InChI=1S/C17H18N2O/c1-2-16(13-14-9-5-3-6-10-14)18-19-17(20)15-11-7-4-8-12-15/h3-12H,2,13H2,1H3,(H,19,20). The number of rotatable bonds is 5. The quantitative estimate of drug-likeness (QED) is 0.654. The fourth-order valence-electron chi connectivity index (χ4n) is 1.86. The molecule has 102 valence electrons. The minimum atomic E-state index is -0.176. The number of nitrogens with one attached hydrogen (secondary N) is 1. The number of hydrogen-bond acceptors (Lipinski definition) is 2. The molecule has 0 atom stereocenters. The van der Waals surface area contributed by atoms with Crippen LogP contribution in [-0.4, -0.2) is 11.6 Å². The maximum Gasteiger partial charge on any atom is 0.271 e. The molecule has 1 N–H and O–H groups in total. The van der Waals surface area contributed by atoms with E-state index in [1.807, 2.05) is 43.3 Å². The Kier molecular flexibility index (Phi) is 5.07. The van der Waals surface area contributed by atoms with Gasteiger partial charge in [0.05, 0.1) is 0 Å². The predicted molar refractivity (Wildman–Crippen MR) is 81.8 cm³/mol. The van der Waals surface area contributed by atoms with Gasteiger partial charge in [0.2, 0.25) is 0 Å². The number of hydrazone groups is 1. The van der Waals surface area contributed by atoms with Gasteiger partial charge in [-0.3, -0.25) is 4.79 Å². The molecule has 3 nitrogen and oxygen atoms in total. The molecule has 0 saturated carbocycles. The van der Waals surface area contributed by atoms with Crippen LogP contribution in [0.2, 0.25) is 0 Å². The minimum absolute atomic E-state index is 0.176. The van der Waals surface area contributed by atoms with E-state index >= 15 is 0 Å². The van der Waals surface area contributed by atoms with E-state index in [0.717, 1.165) is 18.6 Å². The van der Waals surface area contributed by atoms with Crippen molar-refractivity contribution in [2.24, 2.45) is 5.10 Å². The van der Waals surface area contributed by atoms with Gasteiger partial charge in [0.25, 0.3) is 5.91 Å². The SMILES string of the molecule is CCC(Cc1ccccc1)=NNC(=O)c1ccccc1. The fourth-order valence-corrected chi connectivity index (χ4v) is 1.86. The first-order valence-electron chi connectivity index (χ1n) is 6.74. The predicted octanol–water partition coefficient (Wildman–Crippen LogP) is 3.43. The summed E-state index contributed by atoms with van der Waals surface area (Å²) < 4.78 is 0. The molecular weight excluding hydrogens is 248 g/mol. The normalized spacial score (nSPS) is 11.2. The third-order valence-electron chi connectivity index (χ3n) is 3.01. The number of hydrogen-bond donors (Lipinski definition) is 1. The molecular formula is C17H18N2O. The summed E-state index contributed by atoms with van der Waals surface area (Å²) in [7, 11) is 0. The lowest BCUT2D eigenvalue weighted by molar-refractivity contribution is 0.0954. The smallest absolute Gasteiger partial charge is 0.267 e. The average Bonchev–Trinajstić information content (AvgIpc) is 2.53. The van der Waals surface area contributed by atoms with Crippen LogP contribution in [0.15, 0.2) is 65.8 Å². The molecule has 0 aliphatic rings. The minimum Gasteiger partial charge on any atom is -0.267 e. The van der Waals surface area contributed by atoms with Crippen molar-refractivity contribution >= 4 is 11.6 Å². The number of nitrogens with zero attached hydrogens (tertiary/aromatic N) is 1. The van der Waals surface area contributed by atoms with Gasteiger partial charge in [-0.15, -0.1) is 0 Å². The van der Waals surface area contributed by atoms with Crippen molar-refractivity contribution < 1.29 is 4.79 Å². The molecule has 0 spiro atoms. The molecule has 0 fully saturated rings. The highest BCUT2D eigenvalue weighted by atomic mass is 16.2. The van der Waals surface area contributed by atoms with Crippen LogP contribution in [0.1, 0.15) is 29.3 Å². The van der Waals surface area contributed by atoms with Crippen molar-refractivity contribution in [1.82, 2.24) is 5.43 Å². The van der Waals surface area contributed by atoms with Crippen LogP contribution >= 0.6 is 0 Å². The van der Waals surface area contributed by atoms with Crippen molar-refractivity contribution in [3.05, 3.63) is 71.8 Å². The number of amides is 1. The van der Waals surface area contributed by atoms with E-state index in [1.54, 1.807) is 12.1 Å². The van der Waals surface area contributed by atoms with E-state index in [2.05, 4.69) is 22.7 Å². The first kappa shape index (κ1) is 14.0. The van der Waals surface area contributed by atoms with Crippen LogP contribution in [0.5, 0.6) is 0 Å². The van der Waals surface area contributed by atoms with Crippen LogP contribution in [0.4, 0.5) is 0 Å². The lowest BCUT2D eigenvalue weighted by atomic mass is 10.1. The highest BCUT2D eigenvalue weighted by Gasteiger charge is 2.04. The number of carbonyl (C=O) groups is 1. The Bertz CT molecular complexity index is 576. The van der Waals surface area contributed by atoms with Crippen LogP contribution in [-0.2, 0) is 6.42 Å². The topological polar surface area (TPSA) is 41.5 Å². The second-order valence-corrected chi connectivity index (χ2v) is 4.50. The molecule has 0 heterocycles. The zero-order chi connectivity index (χ0) is 14.2. The molecule has 0 aromatic heterocycles. The molecule has 0 aliphatic heterocycles. The molecule has 2 aromatic carbocycles. The molecule has 0 saturated heterocycles. The van der Waals surface area contributed by atoms with Crippen molar-refractivity contribution in [3.63, 3.8) is 0 Å². The Morgan fingerprint density at radius 3 is 2.20 bits per heavy atom. The molecule has 0 bridgehead atoms. The van der Waals surface area contributed by atoms with Crippen molar-refractivity contribution in [3.8, 4) is 0 Å². The van der Waals surface area contributed by atoms with E-state index in [0.29, 0.717) is 5.56 Å².